The van der Waals surface area contributed by atoms with Crippen molar-refractivity contribution in [3.63, 3.8) is 0 Å². The van der Waals surface area contributed by atoms with E-state index in [4.69, 9.17) is 4.74 Å². The number of aryl methyl sites for hydroxylation is 2. The number of aromatic nitrogens is 1. The maximum Gasteiger partial charge on any atom is 0.416 e. The summed E-state index contributed by atoms with van der Waals surface area (Å²) in [6.07, 6.45) is -3.36. The standard InChI is InChI=1S/C19H20F3N3O4S/c1-10(2)14-9-29-17-15(30(27,28)24-14)8-25(4)16(17)18(26)23-12-6-5-11(3)13(7-12)19(20,21)22/h5-8,14,24H,1,9H2,2-4H3,(H,23,26)/t14-/m0/s1. The normalized spacial score (nSPS) is 18.1. The zero-order chi connectivity index (χ0) is 22.4. The topological polar surface area (TPSA) is 89.4 Å². The number of nitrogens with zero attached hydrogens (tertiary/aromatic N) is 1. The predicted octanol–water partition coefficient (Wildman–Crippen LogP) is 3.22. The van der Waals surface area contributed by atoms with E-state index in [2.05, 4.69) is 16.6 Å². The lowest BCUT2D eigenvalue weighted by Gasteiger charge is -2.15. The first kappa shape index (κ1) is 21.9. The van der Waals surface area contributed by atoms with Gasteiger partial charge >= 0.3 is 6.18 Å². The van der Waals surface area contributed by atoms with Crippen LogP contribution in [0.1, 0.15) is 28.5 Å². The van der Waals surface area contributed by atoms with Gasteiger partial charge in [0, 0.05) is 18.9 Å². The number of hydrogen-bond acceptors (Lipinski definition) is 4. The van der Waals surface area contributed by atoms with Gasteiger partial charge in [-0.15, -0.1) is 0 Å². The number of rotatable bonds is 3. The number of alkyl halides is 3. The molecule has 0 fully saturated rings. The SMILES string of the molecule is C=C(C)[C@@H]1COc2c(cn(C)c2C(=O)Nc2ccc(C)c(C(F)(F)F)c2)S(=O)(=O)N1. The van der Waals surface area contributed by atoms with Crippen LogP contribution in [-0.2, 0) is 23.2 Å². The number of halogens is 3. The number of sulfonamides is 1. The summed E-state index contributed by atoms with van der Waals surface area (Å²) in [7, 11) is -2.56. The molecular weight excluding hydrogens is 423 g/mol. The van der Waals surface area contributed by atoms with Crippen molar-refractivity contribution < 1.29 is 31.1 Å². The van der Waals surface area contributed by atoms with E-state index in [0.29, 0.717) is 5.57 Å². The van der Waals surface area contributed by atoms with Gasteiger partial charge in [-0.05, 0) is 31.5 Å². The number of amides is 1. The maximum absolute atomic E-state index is 13.1. The van der Waals surface area contributed by atoms with Gasteiger partial charge in [0.05, 0.1) is 11.6 Å². The molecule has 3 rings (SSSR count). The van der Waals surface area contributed by atoms with Crippen molar-refractivity contribution in [3.8, 4) is 5.75 Å². The predicted molar refractivity (Wildman–Crippen MR) is 104 cm³/mol. The first-order valence-corrected chi connectivity index (χ1v) is 10.3. The van der Waals surface area contributed by atoms with Gasteiger partial charge in [-0.2, -0.15) is 13.2 Å². The first-order chi connectivity index (χ1) is 13.8. The molecule has 2 aromatic rings. The van der Waals surface area contributed by atoms with Gasteiger partial charge in [0.25, 0.3) is 5.91 Å². The average Bonchev–Trinajstić information content (AvgIpc) is 2.89. The largest absolute Gasteiger partial charge is 0.488 e. The third-order valence-corrected chi connectivity index (χ3v) is 6.16. The number of carbonyl (C=O) groups excluding carboxylic acids is 1. The highest BCUT2D eigenvalue weighted by molar-refractivity contribution is 7.89. The molecule has 30 heavy (non-hydrogen) atoms. The van der Waals surface area contributed by atoms with E-state index in [1.165, 1.54) is 36.9 Å². The second kappa shape index (κ2) is 7.47. The van der Waals surface area contributed by atoms with Crippen LogP contribution in [-0.4, -0.2) is 31.5 Å². The molecule has 2 N–H and O–H groups in total. The molecular formula is C19H20F3N3O4S. The highest BCUT2D eigenvalue weighted by atomic mass is 32.2. The third-order valence-electron chi connectivity index (χ3n) is 4.69. The quantitative estimate of drug-likeness (QED) is 0.713. The van der Waals surface area contributed by atoms with Gasteiger partial charge in [0.15, 0.2) is 11.4 Å². The minimum absolute atomic E-state index is 0.0135. The van der Waals surface area contributed by atoms with Gasteiger partial charge in [-0.25, -0.2) is 13.1 Å². The van der Waals surface area contributed by atoms with Crippen molar-refractivity contribution in [2.75, 3.05) is 11.9 Å². The van der Waals surface area contributed by atoms with Crippen LogP contribution in [0, 0.1) is 6.92 Å². The van der Waals surface area contributed by atoms with E-state index >= 15 is 0 Å². The number of carbonyl (C=O) groups is 1. The molecule has 0 radical (unpaired) electrons. The number of anilines is 1. The average molecular weight is 443 g/mol. The molecule has 7 nitrogen and oxygen atoms in total. The fraction of sp³-hybridized carbons (Fsp3) is 0.316. The Morgan fingerprint density at radius 2 is 2.03 bits per heavy atom. The second-order valence-electron chi connectivity index (χ2n) is 7.09. The van der Waals surface area contributed by atoms with Crippen LogP contribution in [0.3, 0.4) is 0 Å². The molecule has 1 aliphatic heterocycles. The molecule has 0 spiro atoms. The Morgan fingerprint density at radius 1 is 1.37 bits per heavy atom. The summed E-state index contributed by atoms with van der Waals surface area (Å²) in [4.78, 5) is 12.6. The lowest BCUT2D eigenvalue weighted by atomic mass is 10.1. The molecule has 0 bridgehead atoms. The molecule has 1 aromatic heterocycles. The van der Waals surface area contributed by atoms with E-state index in [1.54, 1.807) is 6.92 Å². The number of benzene rings is 1. The molecule has 1 aliphatic rings. The maximum atomic E-state index is 13.1. The number of hydrogen-bond donors (Lipinski definition) is 2. The molecule has 162 valence electrons. The fourth-order valence-corrected chi connectivity index (χ4v) is 4.53. The van der Waals surface area contributed by atoms with Gasteiger partial charge in [0.1, 0.15) is 11.5 Å². The summed E-state index contributed by atoms with van der Waals surface area (Å²) < 4.78 is 74.0. The highest BCUT2D eigenvalue weighted by Gasteiger charge is 2.35. The number of nitrogens with one attached hydrogen (secondary N) is 2. The molecule has 11 heteroatoms. The summed E-state index contributed by atoms with van der Waals surface area (Å²) >= 11 is 0. The summed E-state index contributed by atoms with van der Waals surface area (Å²) in [6.45, 7) is 6.58. The van der Waals surface area contributed by atoms with Crippen LogP contribution in [0.25, 0.3) is 0 Å². The Bertz CT molecular complexity index is 1140. The van der Waals surface area contributed by atoms with E-state index in [9.17, 15) is 26.4 Å². The third kappa shape index (κ3) is 4.08. The van der Waals surface area contributed by atoms with Gasteiger partial charge in [0.2, 0.25) is 10.0 Å². The van der Waals surface area contributed by atoms with Crippen LogP contribution in [0.4, 0.5) is 18.9 Å². The summed E-state index contributed by atoms with van der Waals surface area (Å²) in [5.74, 6) is -0.978. The minimum atomic E-state index is -4.58. The van der Waals surface area contributed by atoms with Crippen LogP contribution in [0.15, 0.2) is 41.4 Å². The lowest BCUT2D eigenvalue weighted by molar-refractivity contribution is -0.138. The number of fused-ring (bicyclic) bond motifs is 1. The Labute approximate surface area is 171 Å². The Hall–Kier alpha value is -2.79. The number of ether oxygens (including phenoxy) is 1. The summed E-state index contributed by atoms with van der Waals surface area (Å²) in [5, 5.41) is 2.38. The fourth-order valence-electron chi connectivity index (χ4n) is 3.06. The van der Waals surface area contributed by atoms with Crippen molar-refractivity contribution in [3.05, 3.63) is 53.4 Å². The van der Waals surface area contributed by atoms with Crippen molar-refractivity contribution in [2.24, 2.45) is 7.05 Å². The second-order valence-corrected chi connectivity index (χ2v) is 8.78. The Balaban J connectivity index is 1.98. The zero-order valence-electron chi connectivity index (χ0n) is 16.4. The van der Waals surface area contributed by atoms with E-state index in [1.807, 2.05) is 0 Å². The van der Waals surface area contributed by atoms with Gasteiger partial charge < -0.3 is 14.6 Å². The van der Waals surface area contributed by atoms with Crippen molar-refractivity contribution in [1.29, 1.82) is 0 Å². The highest BCUT2D eigenvalue weighted by Crippen LogP contribution is 2.35. The zero-order valence-corrected chi connectivity index (χ0v) is 17.2. The molecule has 1 amide bonds. The van der Waals surface area contributed by atoms with E-state index in [0.717, 1.165) is 6.07 Å². The molecule has 0 saturated heterocycles. The Morgan fingerprint density at radius 3 is 2.63 bits per heavy atom. The van der Waals surface area contributed by atoms with Crippen LogP contribution in [0.2, 0.25) is 0 Å². The minimum Gasteiger partial charge on any atom is -0.488 e. The van der Waals surface area contributed by atoms with Gasteiger partial charge in [-0.3, -0.25) is 4.79 Å². The monoisotopic (exact) mass is 443 g/mol. The van der Waals surface area contributed by atoms with E-state index in [-0.39, 0.29) is 34.2 Å². The first-order valence-electron chi connectivity index (χ1n) is 8.80. The van der Waals surface area contributed by atoms with E-state index < -0.39 is 33.7 Å². The molecule has 1 aromatic carbocycles. The van der Waals surface area contributed by atoms with Crippen LogP contribution >= 0.6 is 0 Å². The van der Waals surface area contributed by atoms with Crippen LogP contribution in [0.5, 0.6) is 5.75 Å². The van der Waals surface area contributed by atoms with Crippen molar-refractivity contribution in [1.82, 2.24) is 9.29 Å². The Kier molecular flexibility index (Phi) is 5.46. The van der Waals surface area contributed by atoms with Crippen molar-refractivity contribution >= 4 is 21.6 Å². The smallest absolute Gasteiger partial charge is 0.416 e. The van der Waals surface area contributed by atoms with Crippen molar-refractivity contribution in [2.45, 2.75) is 31.0 Å². The lowest BCUT2D eigenvalue weighted by Crippen LogP contribution is -2.37. The van der Waals surface area contributed by atoms with Crippen LogP contribution < -0.4 is 14.8 Å². The molecule has 1 atom stereocenters. The van der Waals surface area contributed by atoms with Gasteiger partial charge in [-0.1, -0.05) is 18.2 Å². The molecule has 0 unspecified atom stereocenters. The molecule has 0 aliphatic carbocycles. The summed E-state index contributed by atoms with van der Waals surface area (Å²) in [5.41, 5.74) is -0.550. The molecule has 0 saturated carbocycles. The molecule has 2 heterocycles. The summed E-state index contributed by atoms with van der Waals surface area (Å²) in [6, 6.07) is 2.72.